The molecule has 0 aromatic heterocycles. The van der Waals surface area contributed by atoms with Crippen molar-refractivity contribution < 1.29 is 23.9 Å². The van der Waals surface area contributed by atoms with E-state index in [0.29, 0.717) is 18.6 Å². The Morgan fingerprint density at radius 3 is 2.54 bits per heavy atom. The largest absolute Gasteiger partial charge is 0.496 e. The fourth-order valence-corrected chi connectivity index (χ4v) is 4.43. The van der Waals surface area contributed by atoms with Gasteiger partial charge in [0.15, 0.2) is 0 Å². The number of benzene rings is 1. The van der Waals surface area contributed by atoms with Gasteiger partial charge in [-0.25, -0.2) is 0 Å². The predicted octanol–water partition coefficient (Wildman–Crippen LogP) is 1.28. The van der Waals surface area contributed by atoms with Crippen LogP contribution in [0.4, 0.5) is 0 Å². The molecule has 2 fully saturated rings. The lowest BCUT2D eigenvalue weighted by Crippen LogP contribution is -2.56. The molecule has 2 aliphatic heterocycles. The molecule has 7 heteroatoms. The number of ether oxygens (including phenoxy) is 2. The summed E-state index contributed by atoms with van der Waals surface area (Å²) in [5, 5.41) is 3.31. The smallest absolute Gasteiger partial charge is 0.326 e. The second-order valence-corrected chi connectivity index (χ2v) is 6.82. The van der Waals surface area contributed by atoms with Gasteiger partial charge in [-0.1, -0.05) is 31.5 Å². The second kappa shape index (κ2) is 6.72. The Morgan fingerprint density at radius 2 is 1.92 bits per heavy atom. The molecule has 140 valence electrons. The van der Waals surface area contributed by atoms with Crippen LogP contribution in [-0.4, -0.2) is 49.5 Å². The third kappa shape index (κ3) is 2.41. The van der Waals surface area contributed by atoms with Gasteiger partial charge >= 0.3 is 5.97 Å². The van der Waals surface area contributed by atoms with Crippen LogP contribution in [0.15, 0.2) is 24.3 Å². The van der Waals surface area contributed by atoms with Gasteiger partial charge in [-0.3, -0.25) is 24.6 Å². The van der Waals surface area contributed by atoms with Crippen LogP contribution in [0.25, 0.3) is 0 Å². The van der Waals surface area contributed by atoms with E-state index in [9.17, 15) is 14.4 Å². The quantitative estimate of drug-likeness (QED) is 0.629. The van der Waals surface area contributed by atoms with E-state index in [2.05, 4.69) is 5.32 Å². The van der Waals surface area contributed by atoms with Gasteiger partial charge in [0.1, 0.15) is 11.3 Å². The van der Waals surface area contributed by atoms with Gasteiger partial charge in [-0.15, -0.1) is 0 Å². The summed E-state index contributed by atoms with van der Waals surface area (Å²) in [4.78, 5) is 39.6. The summed E-state index contributed by atoms with van der Waals surface area (Å²) in [6.07, 6.45) is 1.06. The molecule has 0 bridgehead atoms. The maximum Gasteiger partial charge on any atom is 0.326 e. The van der Waals surface area contributed by atoms with E-state index in [-0.39, 0.29) is 11.8 Å². The molecule has 3 rings (SSSR count). The minimum Gasteiger partial charge on any atom is -0.496 e. The molecule has 4 atom stereocenters. The first-order valence-corrected chi connectivity index (χ1v) is 8.73. The summed E-state index contributed by atoms with van der Waals surface area (Å²) in [6.45, 7) is 1.93. The van der Waals surface area contributed by atoms with Gasteiger partial charge in [-0.2, -0.15) is 0 Å². The molecule has 2 heterocycles. The van der Waals surface area contributed by atoms with Crippen molar-refractivity contribution in [1.82, 2.24) is 10.2 Å². The number of methoxy groups -OCH3 is 2. The molecule has 0 aliphatic carbocycles. The average Bonchev–Trinajstić information content (AvgIpc) is 3.11. The number of nitrogens with zero attached hydrogens (tertiary/aromatic N) is 1. The number of imide groups is 1. The van der Waals surface area contributed by atoms with E-state index in [1.807, 2.05) is 25.1 Å². The SMILES string of the molecule is CCC[C@]1(C(=O)OC)N[C@@H](c2ccccc2OC)[C@H]2C(=O)N(C)C(=O)[C@H]21. The zero-order valence-corrected chi connectivity index (χ0v) is 15.4. The lowest BCUT2D eigenvalue weighted by Gasteiger charge is -2.32. The van der Waals surface area contributed by atoms with Gasteiger partial charge in [0.25, 0.3) is 0 Å². The Hall–Kier alpha value is -2.41. The molecule has 1 N–H and O–H groups in total. The topological polar surface area (TPSA) is 84.9 Å². The maximum absolute atomic E-state index is 12.9. The number of carbonyl (C=O) groups excluding carboxylic acids is 3. The summed E-state index contributed by atoms with van der Waals surface area (Å²) in [5.74, 6) is -2.00. The molecule has 2 saturated heterocycles. The van der Waals surface area contributed by atoms with E-state index < -0.39 is 29.4 Å². The lowest BCUT2D eigenvalue weighted by atomic mass is 9.77. The van der Waals surface area contributed by atoms with Crippen LogP contribution >= 0.6 is 0 Å². The summed E-state index contributed by atoms with van der Waals surface area (Å²) in [7, 11) is 4.33. The van der Waals surface area contributed by atoms with Crippen molar-refractivity contribution in [3.05, 3.63) is 29.8 Å². The van der Waals surface area contributed by atoms with Crippen molar-refractivity contribution in [2.75, 3.05) is 21.3 Å². The molecule has 0 radical (unpaired) electrons. The number of hydrogen-bond donors (Lipinski definition) is 1. The molecule has 2 amide bonds. The van der Waals surface area contributed by atoms with Crippen LogP contribution < -0.4 is 10.1 Å². The predicted molar refractivity (Wildman–Crippen MR) is 93.3 cm³/mol. The van der Waals surface area contributed by atoms with Crippen LogP contribution in [0.2, 0.25) is 0 Å². The highest BCUT2D eigenvalue weighted by Crippen LogP contribution is 2.51. The Balaban J connectivity index is 2.17. The van der Waals surface area contributed by atoms with Crippen molar-refractivity contribution in [2.45, 2.75) is 31.3 Å². The average molecular weight is 360 g/mol. The highest BCUT2D eigenvalue weighted by molar-refractivity contribution is 6.09. The third-order valence-corrected chi connectivity index (χ3v) is 5.54. The number of nitrogens with one attached hydrogen (secondary N) is 1. The van der Waals surface area contributed by atoms with E-state index in [4.69, 9.17) is 9.47 Å². The van der Waals surface area contributed by atoms with Crippen LogP contribution in [0.1, 0.15) is 31.4 Å². The minimum absolute atomic E-state index is 0.287. The van der Waals surface area contributed by atoms with E-state index in [1.165, 1.54) is 14.2 Å². The monoisotopic (exact) mass is 360 g/mol. The molecule has 0 saturated carbocycles. The highest BCUT2D eigenvalue weighted by atomic mass is 16.5. The number of hydrogen-bond acceptors (Lipinski definition) is 6. The first-order valence-electron chi connectivity index (χ1n) is 8.73. The van der Waals surface area contributed by atoms with Gasteiger partial charge in [0.05, 0.1) is 26.1 Å². The van der Waals surface area contributed by atoms with E-state index >= 15 is 0 Å². The maximum atomic E-state index is 12.9. The molecular formula is C19H24N2O5. The fraction of sp³-hybridized carbons (Fsp3) is 0.526. The minimum atomic E-state index is -1.23. The number of para-hydroxylation sites is 1. The normalized spacial score (nSPS) is 30.5. The Morgan fingerprint density at radius 1 is 1.23 bits per heavy atom. The zero-order valence-electron chi connectivity index (χ0n) is 15.4. The summed E-state index contributed by atoms with van der Waals surface area (Å²) < 4.78 is 10.5. The number of carbonyl (C=O) groups is 3. The second-order valence-electron chi connectivity index (χ2n) is 6.82. The summed E-state index contributed by atoms with van der Waals surface area (Å²) in [6, 6.07) is 6.82. The van der Waals surface area contributed by atoms with E-state index in [1.54, 1.807) is 13.2 Å². The number of esters is 1. The van der Waals surface area contributed by atoms with Gasteiger partial charge in [0.2, 0.25) is 11.8 Å². The standard InChI is InChI=1S/C19H24N2O5/c1-5-10-19(18(24)26-4)14-13(16(22)21(2)17(14)23)15(20-19)11-8-6-7-9-12(11)25-3/h6-9,13-15,20H,5,10H2,1-4H3/t13-,14-,15-,19-/m0/s1. The fourth-order valence-electron chi connectivity index (χ4n) is 4.43. The number of amides is 2. The van der Waals surface area contributed by atoms with Crippen LogP contribution in [-0.2, 0) is 19.1 Å². The molecule has 7 nitrogen and oxygen atoms in total. The number of likely N-dealkylation sites (tertiary alicyclic amines) is 1. The molecule has 2 aliphatic rings. The zero-order chi connectivity index (χ0) is 19.1. The third-order valence-electron chi connectivity index (χ3n) is 5.54. The summed E-state index contributed by atoms with van der Waals surface area (Å²) in [5.41, 5.74) is -0.472. The lowest BCUT2D eigenvalue weighted by molar-refractivity contribution is -0.154. The Bertz CT molecular complexity index is 749. The molecule has 1 aromatic rings. The first kappa shape index (κ1) is 18.4. The van der Waals surface area contributed by atoms with Crippen molar-refractivity contribution in [1.29, 1.82) is 0 Å². The number of fused-ring (bicyclic) bond motifs is 1. The summed E-state index contributed by atoms with van der Waals surface area (Å²) >= 11 is 0. The molecule has 0 spiro atoms. The van der Waals surface area contributed by atoms with Crippen molar-refractivity contribution in [2.24, 2.45) is 11.8 Å². The Labute approximate surface area is 152 Å². The first-order chi connectivity index (χ1) is 12.4. The van der Waals surface area contributed by atoms with Crippen LogP contribution in [0.3, 0.4) is 0 Å². The van der Waals surface area contributed by atoms with Gasteiger partial charge in [-0.05, 0) is 12.5 Å². The van der Waals surface area contributed by atoms with Crippen LogP contribution in [0.5, 0.6) is 5.75 Å². The molecular weight excluding hydrogens is 336 g/mol. The highest BCUT2D eigenvalue weighted by Gasteiger charge is 2.68. The van der Waals surface area contributed by atoms with Crippen LogP contribution in [0, 0.1) is 11.8 Å². The van der Waals surface area contributed by atoms with Gasteiger partial charge in [0, 0.05) is 18.7 Å². The van der Waals surface area contributed by atoms with E-state index in [0.717, 1.165) is 10.5 Å². The Kier molecular flexibility index (Phi) is 4.75. The van der Waals surface area contributed by atoms with Crippen molar-refractivity contribution >= 4 is 17.8 Å². The number of rotatable bonds is 5. The molecule has 0 unspecified atom stereocenters. The molecule has 1 aromatic carbocycles. The van der Waals surface area contributed by atoms with Crippen molar-refractivity contribution in [3.63, 3.8) is 0 Å². The van der Waals surface area contributed by atoms with Crippen molar-refractivity contribution in [3.8, 4) is 5.75 Å². The van der Waals surface area contributed by atoms with Gasteiger partial charge < -0.3 is 9.47 Å². The molecule has 26 heavy (non-hydrogen) atoms.